The number of benzene rings is 2. The summed E-state index contributed by atoms with van der Waals surface area (Å²) in [7, 11) is 3.88. The van der Waals surface area contributed by atoms with Crippen LogP contribution in [0.1, 0.15) is 80.8 Å². The Bertz CT molecular complexity index is 1720. The fourth-order valence-corrected chi connectivity index (χ4v) is 6.20. The van der Waals surface area contributed by atoms with Gasteiger partial charge in [0.25, 0.3) is 5.91 Å². The van der Waals surface area contributed by atoms with Gasteiger partial charge in [0.2, 0.25) is 11.8 Å². The molecule has 1 fully saturated rings. The molecule has 0 bridgehead atoms. The van der Waals surface area contributed by atoms with Crippen molar-refractivity contribution in [3.05, 3.63) is 58.1 Å². The van der Waals surface area contributed by atoms with Gasteiger partial charge in [-0.3, -0.25) is 14.4 Å². The van der Waals surface area contributed by atoms with Gasteiger partial charge in [0.1, 0.15) is 54.1 Å². The van der Waals surface area contributed by atoms with Crippen LogP contribution in [-0.4, -0.2) is 122 Å². The van der Waals surface area contributed by atoms with Crippen LogP contribution in [0.3, 0.4) is 0 Å². The molecular weight excluding hydrogens is 796 g/mol. The lowest BCUT2D eigenvalue weighted by Gasteiger charge is -2.41. The van der Waals surface area contributed by atoms with Gasteiger partial charge in [-0.05, 0) is 63.6 Å². The van der Waals surface area contributed by atoms with Crippen molar-refractivity contribution in [2.75, 3.05) is 34.5 Å². The Morgan fingerprint density at radius 1 is 0.898 bits per heavy atom. The molecule has 2 aromatic carbocycles. The number of nitrogens with one attached hydrogen (secondary N) is 4. The van der Waals surface area contributed by atoms with Crippen molar-refractivity contribution in [3.8, 4) is 11.5 Å². The highest BCUT2D eigenvalue weighted by molar-refractivity contribution is 6.32. The Morgan fingerprint density at radius 2 is 1.59 bits per heavy atom. The highest BCUT2D eigenvalue weighted by atomic mass is 35.5. The molecule has 0 saturated carbocycles. The summed E-state index contributed by atoms with van der Waals surface area (Å²) in [5.41, 5.74) is 0.869. The number of unbranched alkanes of at least 4 members (excludes halogenated alkanes) is 1. The molecule has 3 rings (SSSR count). The molecule has 0 spiro atoms. The Morgan fingerprint density at radius 3 is 2.24 bits per heavy atom. The van der Waals surface area contributed by atoms with Crippen LogP contribution in [0.4, 0.5) is 4.79 Å². The number of carbonyl (C=O) groups is 5. The van der Waals surface area contributed by atoms with Crippen LogP contribution in [0.5, 0.6) is 11.5 Å². The summed E-state index contributed by atoms with van der Waals surface area (Å²) in [5.74, 6) is -1.38. The molecule has 6 atom stereocenters. The quantitative estimate of drug-likeness (QED) is 0.0704. The highest BCUT2D eigenvalue weighted by Crippen LogP contribution is 2.34. The van der Waals surface area contributed by atoms with Crippen LogP contribution in [0, 0.1) is 0 Å². The second-order valence-electron chi connectivity index (χ2n) is 14.7. The summed E-state index contributed by atoms with van der Waals surface area (Å²) < 4.78 is 32.0. The van der Waals surface area contributed by atoms with Crippen LogP contribution in [0.2, 0.25) is 5.02 Å². The summed E-state index contributed by atoms with van der Waals surface area (Å²) in [5, 5.41) is 41.2. The molecule has 7 N–H and O–H groups in total. The van der Waals surface area contributed by atoms with Gasteiger partial charge in [0.15, 0.2) is 6.29 Å². The second kappa shape index (κ2) is 23.8. The number of methoxy groups -OCH3 is 3. The van der Waals surface area contributed by atoms with Gasteiger partial charge in [0.05, 0.1) is 31.4 Å². The highest BCUT2D eigenvalue weighted by Gasteiger charge is 2.45. The molecule has 1 aliphatic rings. The number of hydrogen-bond acceptors (Lipinski definition) is 14. The van der Waals surface area contributed by atoms with E-state index in [1.165, 1.54) is 33.5 Å². The molecule has 2 aromatic rings. The first-order chi connectivity index (χ1) is 28.0. The van der Waals surface area contributed by atoms with E-state index in [0.29, 0.717) is 32.2 Å². The Hall–Kier alpha value is -4.72. The number of esters is 1. The molecular formula is C40H57ClN4O14. The molecule has 18 nitrogen and oxygen atoms in total. The fraction of sp³-hybridized carbons (Fsp3) is 0.575. The molecule has 1 saturated heterocycles. The van der Waals surface area contributed by atoms with E-state index in [2.05, 4.69) is 21.3 Å². The van der Waals surface area contributed by atoms with E-state index in [1.54, 1.807) is 20.8 Å². The molecule has 19 heteroatoms. The first-order valence-electron chi connectivity index (χ1n) is 19.1. The third-order valence-corrected chi connectivity index (χ3v) is 9.31. The van der Waals surface area contributed by atoms with E-state index in [0.717, 1.165) is 11.1 Å². The third kappa shape index (κ3) is 15.8. The first-order valence-corrected chi connectivity index (χ1v) is 19.5. The SMILES string of the molecule is COC(=O)[C@H](CCCCNC(=O)CCCC(=O)NCc1cccc(COc2cc(OC)c(C(=O)N[C@H]3[C@@H](OC)O[C@H](CO)[C@@H](O)[C@@H]3O)cc2Cl)c1)NC(=O)OC(C)(C)C. The zero-order chi connectivity index (χ0) is 43.7. The molecule has 4 amide bonds. The van der Waals surface area contributed by atoms with Crippen molar-refractivity contribution in [2.24, 2.45) is 0 Å². The normalized spacial score (nSPS) is 19.5. The number of carbonyl (C=O) groups excluding carboxylic acids is 5. The van der Waals surface area contributed by atoms with E-state index in [9.17, 15) is 39.3 Å². The maximum Gasteiger partial charge on any atom is 0.408 e. The summed E-state index contributed by atoms with van der Waals surface area (Å²) in [4.78, 5) is 62.2. The van der Waals surface area contributed by atoms with E-state index in [1.807, 2.05) is 24.3 Å². The lowest BCUT2D eigenvalue weighted by atomic mass is 9.96. The number of aliphatic hydroxyl groups excluding tert-OH is 3. The predicted octanol–water partition coefficient (Wildman–Crippen LogP) is 2.25. The van der Waals surface area contributed by atoms with Crippen molar-refractivity contribution in [1.82, 2.24) is 21.3 Å². The fourth-order valence-electron chi connectivity index (χ4n) is 5.98. The minimum atomic E-state index is -1.51. The lowest BCUT2D eigenvalue weighted by Crippen LogP contribution is -2.64. The standard InChI is InChI=1S/C40H57ClN4O14/c1-40(2,3)59-39(53)44-27(37(52)55-5)13-7-8-16-42-31(47)14-10-15-32(48)43-20-23-11-9-12-24(17-23)22-57-29-19-28(54-4)25(18-26(29)41)36(51)45-33-35(50)34(49)30(21-46)58-38(33)56-6/h9,11-12,17-19,27,30,33-35,38,46,49-50H,7-8,10,13-16,20-22H2,1-6H3,(H,42,47)(H,43,48)(H,44,53)(H,45,51)/t27-,30+,33+,34+,35+,38-/m0/s1. The smallest absolute Gasteiger partial charge is 0.408 e. The predicted molar refractivity (Wildman–Crippen MR) is 213 cm³/mol. The minimum absolute atomic E-state index is 0.0126. The Kier molecular flexibility index (Phi) is 19.6. The number of alkyl carbamates (subject to hydrolysis) is 1. The first kappa shape index (κ1) is 48.6. The van der Waals surface area contributed by atoms with Crippen molar-refractivity contribution < 1.29 is 67.7 Å². The zero-order valence-corrected chi connectivity index (χ0v) is 35.0. The van der Waals surface area contributed by atoms with Crippen molar-refractivity contribution in [2.45, 2.75) is 115 Å². The maximum absolute atomic E-state index is 13.3. The van der Waals surface area contributed by atoms with Gasteiger partial charge in [0, 0.05) is 39.1 Å². The summed E-state index contributed by atoms with van der Waals surface area (Å²) in [6.45, 7) is 5.28. The molecule has 0 aliphatic carbocycles. The third-order valence-electron chi connectivity index (χ3n) is 9.01. The van der Waals surface area contributed by atoms with Crippen LogP contribution >= 0.6 is 11.6 Å². The van der Waals surface area contributed by atoms with Gasteiger partial charge < -0.3 is 65.0 Å². The van der Waals surface area contributed by atoms with Gasteiger partial charge in [-0.25, -0.2) is 9.59 Å². The van der Waals surface area contributed by atoms with E-state index in [4.69, 9.17) is 40.0 Å². The number of rotatable bonds is 21. The molecule has 1 heterocycles. The molecule has 0 radical (unpaired) electrons. The maximum atomic E-state index is 13.3. The Balaban J connectivity index is 1.41. The second-order valence-corrected chi connectivity index (χ2v) is 15.1. The van der Waals surface area contributed by atoms with Crippen molar-refractivity contribution >= 4 is 41.4 Å². The molecule has 1 aliphatic heterocycles. The van der Waals surface area contributed by atoms with Gasteiger partial charge >= 0.3 is 12.1 Å². The van der Waals surface area contributed by atoms with E-state index >= 15 is 0 Å². The summed E-state index contributed by atoms with van der Waals surface area (Å²) in [6.07, 6.45) is -3.92. The molecule has 0 unspecified atom stereocenters. The number of ether oxygens (including phenoxy) is 6. The van der Waals surface area contributed by atoms with E-state index < -0.39 is 66.9 Å². The van der Waals surface area contributed by atoms with E-state index in [-0.39, 0.29) is 59.9 Å². The van der Waals surface area contributed by atoms with Crippen molar-refractivity contribution in [3.63, 3.8) is 0 Å². The number of aliphatic hydroxyl groups is 3. The van der Waals surface area contributed by atoms with Crippen LogP contribution < -0.4 is 30.7 Å². The monoisotopic (exact) mass is 852 g/mol. The Labute approximate surface area is 348 Å². The summed E-state index contributed by atoms with van der Waals surface area (Å²) in [6, 6.07) is 8.05. The molecule has 328 valence electrons. The molecule has 0 aromatic heterocycles. The van der Waals surface area contributed by atoms with Crippen molar-refractivity contribution in [1.29, 1.82) is 0 Å². The largest absolute Gasteiger partial charge is 0.496 e. The van der Waals surface area contributed by atoms with Crippen LogP contribution in [-0.2, 0) is 46.5 Å². The zero-order valence-electron chi connectivity index (χ0n) is 34.2. The average molecular weight is 853 g/mol. The van der Waals surface area contributed by atoms with Crippen LogP contribution in [0.15, 0.2) is 36.4 Å². The number of amides is 4. The summed E-state index contributed by atoms with van der Waals surface area (Å²) >= 11 is 6.50. The van der Waals surface area contributed by atoms with Crippen LogP contribution in [0.25, 0.3) is 0 Å². The number of halogens is 1. The van der Waals surface area contributed by atoms with Gasteiger partial charge in [-0.2, -0.15) is 0 Å². The molecule has 59 heavy (non-hydrogen) atoms. The minimum Gasteiger partial charge on any atom is -0.496 e. The lowest BCUT2D eigenvalue weighted by molar-refractivity contribution is -0.261. The van der Waals surface area contributed by atoms with Gasteiger partial charge in [-0.15, -0.1) is 0 Å². The topological polar surface area (TPSA) is 250 Å². The number of hydrogen-bond donors (Lipinski definition) is 7. The van der Waals surface area contributed by atoms with Gasteiger partial charge in [-0.1, -0.05) is 35.9 Å². The average Bonchev–Trinajstić information content (AvgIpc) is 3.19.